The number of anilines is 1. The third-order valence-electron chi connectivity index (χ3n) is 3.07. The number of primary amides is 1. The van der Waals surface area contributed by atoms with Gasteiger partial charge in [0.2, 0.25) is 5.91 Å². The number of hydrogen-bond acceptors (Lipinski definition) is 2. The zero-order valence-corrected chi connectivity index (χ0v) is 13.6. The molecule has 0 aliphatic carbocycles. The summed E-state index contributed by atoms with van der Waals surface area (Å²) in [6.07, 6.45) is 0. The molecule has 0 unspecified atom stereocenters. The van der Waals surface area contributed by atoms with Gasteiger partial charge in [0.05, 0.1) is 4.47 Å². The molecule has 0 saturated carbocycles. The van der Waals surface area contributed by atoms with Gasteiger partial charge in [0.25, 0.3) is 0 Å². The van der Waals surface area contributed by atoms with Gasteiger partial charge in [-0.3, -0.25) is 4.79 Å². The van der Waals surface area contributed by atoms with Crippen molar-refractivity contribution in [1.82, 2.24) is 0 Å². The largest absolute Gasteiger partial charge is 0.381 e. The molecular weight excluding hydrogens is 359 g/mol. The lowest BCUT2D eigenvalue weighted by molar-refractivity contribution is 0.100. The zero-order chi connectivity index (χ0) is 15.6. The fraction of sp³-hybridized carbons (Fsp3) is 0.133. The number of halogens is 3. The van der Waals surface area contributed by atoms with Crippen LogP contribution in [0.25, 0.3) is 0 Å². The molecule has 0 bridgehead atoms. The summed E-state index contributed by atoms with van der Waals surface area (Å²) in [7, 11) is 0. The van der Waals surface area contributed by atoms with Crippen molar-refractivity contribution in [2.24, 2.45) is 5.73 Å². The van der Waals surface area contributed by atoms with Crippen LogP contribution in [0.15, 0.2) is 34.8 Å². The van der Waals surface area contributed by atoms with Crippen LogP contribution < -0.4 is 11.1 Å². The van der Waals surface area contributed by atoms with Crippen LogP contribution in [0.3, 0.4) is 0 Å². The molecule has 0 fully saturated rings. The van der Waals surface area contributed by atoms with E-state index < -0.39 is 5.91 Å². The SMILES string of the molecule is Cc1cc(Br)c(F)cc1NCc1ccc(C(N)=O)cc1Cl. The number of rotatable bonds is 4. The van der Waals surface area contributed by atoms with E-state index in [2.05, 4.69) is 21.2 Å². The Morgan fingerprint density at radius 2 is 2.10 bits per heavy atom. The van der Waals surface area contributed by atoms with Gasteiger partial charge in [-0.05, 0) is 58.2 Å². The average molecular weight is 372 g/mol. The molecular formula is C15H13BrClFN2O. The van der Waals surface area contributed by atoms with Gasteiger partial charge in [-0.1, -0.05) is 17.7 Å². The van der Waals surface area contributed by atoms with Crippen LogP contribution >= 0.6 is 27.5 Å². The summed E-state index contributed by atoms with van der Waals surface area (Å²) in [6, 6.07) is 7.98. The summed E-state index contributed by atoms with van der Waals surface area (Å²) in [4.78, 5) is 11.1. The first kappa shape index (κ1) is 15.8. The normalized spacial score (nSPS) is 10.5. The Labute approximate surface area is 135 Å². The van der Waals surface area contributed by atoms with Crippen LogP contribution in [0, 0.1) is 12.7 Å². The number of benzene rings is 2. The second-order valence-corrected chi connectivity index (χ2v) is 5.87. The van der Waals surface area contributed by atoms with Gasteiger partial charge in [-0.15, -0.1) is 0 Å². The number of amides is 1. The van der Waals surface area contributed by atoms with E-state index in [1.807, 2.05) is 6.92 Å². The lowest BCUT2D eigenvalue weighted by Crippen LogP contribution is -2.11. The number of nitrogens with one attached hydrogen (secondary N) is 1. The summed E-state index contributed by atoms with van der Waals surface area (Å²) in [5.41, 5.74) is 7.94. The van der Waals surface area contributed by atoms with Crippen LogP contribution in [0.2, 0.25) is 5.02 Å². The van der Waals surface area contributed by atoms with E-state index in [9.17, 15) is 9.18 Å². The Hall–Kier alpha value is -1.59. The molecule has 2 rings (SSSR count). The highest BCUT2D eigenvalue weighted by molar-refractivity contribution is 9.10. The number of carbonyl (C=O) groups is 1. The van der Waals surface area contributed by atoms with Crippen LogP contribution in [0.4, 0.5) is 10.1 Å². The maximum atomic E-state index is 13.5. The standard InChI is InChI=1S/C15H13BrClFN2O/c1-8-4-11(16)13(18)6-14(8)20-7-10-3-2-9(15(19)21)5-12(10)17/h2-6,20H,7H2,1H3,(H2,19,21). The van der Waals surface area contributed by atoms with Crippen molar-refractivity contribution in [1.29, 1.82) is 0 Å². The number of carbonyl (C=O) groups excluding carboxylic acids is 1. The predicted molar refractivity (Wildman–Crippen MR) is 86.1 cm³/mol. The summed E-state index contributed by atoms with van der Waals surface area (Å²) < 4.78 is 14.0. The topological polar surface area (TPSA) is 55.1 Å². The Kier molecular flexibility index (Phi) is 4.85. The molecule has 0 atom stereocenters. The number of hydrogen-bond donors (Lipinski definition) is 2. The minimum Gasteiger partial charge on any atom is -0.381 e. The maximum Gasteiger partial charge on any atom is 0.248 e. The van der Waals surface area contributed by atoms with Gasteiger partial charge in [0, 0.05) is 22.8 Å². The van der Waals surface area contributed by atoms with E-state index >= 15 is 0 Å². The van der Waals surface area contributed by atoms with Crippen molar-refractivity contribution in [3.05, 3.63) is 62.3 Å². The number of aryl methyl sites for hydroxylation is 1. The molecule has 2 aromatic carbocycles. The molecule has 21 heavy (non-hydrogen) atoms. The van der Waals surface area contributed by atoms with Crippen molar-refractivity contribution in [3.8, 4) is 0 Å². The molecule has 0 saturated heterocycles. The first-order valence-electron chi connectivity index (χ1n) is 6.16. The van der Waals surface area contributed by atoms with E-state index in [0.717, 1.165) is 11.1 Å². The molecule has 0 heterocycles. The molecule has 3 nitrogen and oxygen atoms in total. The Balaban J connectivity index is 2.17. The first-order valence-corrected chi connectivity index (χ1v) is 7.33. The highest BCUT2D eigenvalue weighted by atomic mass is 79.9. The van der Waals surface area contributed by atoms with Crippen molar-refractivity contribution in [2.75, 3.05) is 5.32 Å². The van der Waals surface area contributed by atoms with Gasteiger partial charge in [0.1, 0.15) is 5.82 Å². The lowest BCUT2D eigenvalue weighted by atomic mass is 10.1. The second kappa shape index (κ2) is 6.45. The predicted octanol–water partition coefficient (Wildman–Crippen LogP) is 4.26. The Bertz CT molecular complexity index is 706. The Morgan fingerprint density at radius 1 is 1.38 bits per heavy atom. The van der Waals surface area contributed by atoms with Gasteiger partial charge in [-0.2, -0.15) is 0 Å². The van der Waals surface area contributed by atoms with E-state index in [4.69, 9.17) is 17.3 Å². The van der Waals surface area contributed by atoms with Crippen LogP contribution in [-0.2, 0) is 6.54 Å². The monoisotopic (exact) mass is 370 g/mol. The third-order valence-corrected chi connectivity index (χ3v) is 4.03. The van der Waals surface area contributed by atoms with E-state index in [-0.39, 0.29) is 5.82 Å². The minimum atomic E-state index is -0.526. The molecule has 0 aliphatic heterocycles. The molecule has 0 aliphatic rings. The lowest BCUT2D eigenvalue weighted by Gasteiger charge is -2.12. The zero-order valence-electron chi connectivity index (χ0n) is 11.2. The molecule has 0 aromatic heterocycles. The first-order chi connectivity index (χ1) is 9.88. The molecule has 3 N–H and O–H groups in total. The van der Waals surface area contributed by atoms with Crippen molar-refractivity contribution < 1.29 is 9.18 Å². The van der Waals surface area contributed by atoms with Crippen molar-refractivity contribution in [3.63, 3.8) is 0 Å². The van der Waals surface area contributed by atoms with Crippen molar-refractivity contribution >= 4 is 39.1 Å². The highest BCUT2D eigenvalue weighted by Crippen LogP contribution is 2.25. The molecule has 0 spiro atoms. The van der Waals surface area contributed by atoms with Crippen LogP contribution in [0.1, 0.15) is 21.5 Å². The van der Waals surface area contributed by atoms with Gasteiger partial charge in [-0.25, -0.2) is 4.39 Å². The smallest absolute Gasteiger partial charge is 0.248 e. The summed E-state index contributed by atoms with van der Waals surface area (Å²) in [6.45, 7) is 2.30. The molecule has 2 aromatic rings. The van der Waals surface area contributed by atoms with E-state index in [1.54, 1.807) is 18.2 Å². The van der Waals surface area contributed by atoms with Gasteiger partial charge >= 0.3 is 0 Å². The van der Waals surface area contributed by atoms with Crippen molar-refractivity contribution in [2.45, 2.75) is 13.5 Å². The van der Waals surface area contributed by atoms with Crippen LogP contribution in [-0.4, -0.2) is 5.91 Å². The average Bonchev–Trinajstić information content (AvgIpc) is 2.42. The minimum absolute atomic E-state index is 0.335. The number of nitrogens with two attached hydrogens (primary N) is 1. The molecule has 0 radical (unpaired) electrons. The molecule has 1 amide bonds. The second-order valence-electron chi connectivity index (χ2n) is 4.61. The summed E-state index contributed by atoms with van der Waals surface area (Å²) in [5, 5.41) is 3.56. The summed E-state index contributed by atoms with van der Waals surface area (Å²) in [5.74, 6) is -0.861. The van der Waals surface area contributed by atoms with E-state index in [0.29, 0.717) is 27.3 Å². The van der Waals surface area contributed by atoms with Gasteiger partial charge < -0.3 is 11.1 Å². The third kappa shape index (κ3) is 3.74. The quantitative estimate of drug-likeness (QED) is 0.843. The fourth-order valence-corrected chi connectivity index (χ4v) is 2.58. The van der Waals surface area contributed by atoms with Gasteiger partial charge in [0.15, 0.2) is 0 Å². The maximum absolute atomic E-state index is 13.5. The molecule has 6 heteroatoms. The Morgan fingerprint density at radius 3 is 2.71 bits per heavy atom. The van der Waals surface area contributed by atoms with E-state index in [1.165, 1.54) is 12.1 Å². The fourth-order valence-electron chi connectivity index (χ4n) is 1.87. The van der Waals surface area contributed by atoms with Crippen LogP contribution in [0.5, 0.6) is 0 Å². The highest BCUT2D eigenvalue weighted by Gasteiger charge is 2.08. The molecule has 110 valence electrons. The summed E-state index contributed by atoms with van der Waals surface area (Å²) >= 11 is 9.25.